The lowest BCUT2D eigenvalue weighted by Crippen LogP contribution is -2.13. The van der Waals surface area contributed by atoms with Gasteiger partial charge in [-0.2, -0.15) is 0 Å². The molecule has 4 heteroatoms. The Hall–Kier alpha value is -1.03. The number of hydrogen-bond acceptors (Lipinski definition) is 4. The van der Waals surface area contributed by atoms with Crippen molar-refractivity contribution in [3.8, 4) is 0 Å². The van der Waals surface area contributed by atoms with E-state index in [1.54, 1.807) is 20.8 Å². The predicted octanol–water partition coefficient (Wildman–Crippen LogP) is 2.56. The van der Waals surface area contributed by atoms with Crippen LogP contribution in [0.5, 0.6) is 0 Å². The van der Waals surface area contributed by atoms with Crippen molar-refractivity contribution >= 4 is 22.9 Å². The lowest BCUT2D eigenvalue weighted by molar-refractivity contribution is -0.121. The number of carbonyl (C=O) groups excluding carboxylic acids is 2. The van der Waals surface area contributed by atoms with Gasteiger partial charge in [0.05, 0.1) is 22.0 Å². The Kier molecular flexibility index (Phi) is 3.74. The highest BCUT2D eigenvalue weighted by Crippen LogP contribution is 2.19. The maximum absolute atomic E-state index is 11.7. The zero-order chi connectivity index (χ0) is 11.6. The summed E-state index contributed by atoms with van der Waals surface area (Å²) >= 11 is 1.36. The van der Waals surface area contributed by atoms with Crippen molar-refractivity contribution in [1.82, 2.24) is 4.98 Å². The van der Waals surface area contributed by atoms with E-state index in [4.69, 9.17) is 0 Å². The second kappa shape index (κ2) is 4.66. The summed E-state index contributed by atoms with van der Waals surface area (Å²) in [7, 11) is 0. The van der Waals surface area contributed by atoms with E-state index in [-0.39, 0.29) is 23.9 Å². The average molecular weight is 225 g/mol. The minimum absolute atomic E-state index is 0.000139. The van der Waals surface area contributed by atoms with Gasteiger partial charge >= 0.3 is 0 Å². The van der Waals surface area contributed by atoms with Gasteiger partial charge < -0.3 is 0 Å². The average Bonchev–Trinajstić information content (AvgIpc) is 2.44. The fourth-order valence-corrected chi connectivity index (χ4v) is 2.09. The Balaban J connectivity index is 2.78. The first-order valence-corrected chi connectivity index (χ1v) is 5.73. The maximum Gasteiger partial charge on any atom is 0.182 e. The normalized spacial score (nSPS) is 10.7. The van der Waals surface area contributed by atoms with Crippen LogP contribution in [-0.2, 0) is 4.79 Å². The molecule has 15 heavy (non-hydrogen) atoms. The van der Waals surface area contributed by atoms with Gasteiger partial charge in [0.2, 0.25) is 0 Å². The summed E-state index contributed by atoms with van der Waals surface area (Å²) in [5.41, 5.74) is 0.735. The van der Waals surface area contributed by atoms with Crippen molar-refractivity contribution in [2.75, 3.05) is 0 Å². The molecule has 0 aliphatic carbocycles. The minimum Gasteiger partial charge on any atom is -0.299 e. The van der Waals surface area contributed by atoms with E-state index in [1.165, 1.54) is 11.3 Å². The van der Waals surface area contributed by atoms with Gasteiger partial charge in [-0.25, -0.2) is 4.98 Å². The van der Waals surface area contributed by atoms with Crippen LogP contribution in [0.3, 0.4) is 0 Å². The van der Waals surface area contributed by atoms with Gasteiger partial charge in [-0.1, -0.05) is 13.8 Å². The molecular weight excluding hydrogens is 210 g/mol. The predicted molar refractivity (Wildman–Crippen MR) is 60.4 cm³/mol. The molecule has 0 unspecified atom stereocenters. The van der Waals surface area contributed by atoms with Crippen molar-refractivity contribution in [3.05, 3.63) is 15.6 Å². The molecule has 82 valence electrons. The third-order valence-corrected chi connectivity index (χ3v) is 3.25. The molecule has 0 aliphatic heterocycles. The van der Waals surface area contributed by atoms with Crippen LogP contribution in [-0.4, -0.2) is 16.6 Å². The summed E-state index contributed by atoms with van der Waals surface area (Å²) in [5, 5.41) is 0.868. The second-order valence-corrected chi connectivity index (χ2v) is 5.07. The first-order valence-electron chi connectivity index (χ1n) is 4.91. The van der Waals surface area contributed by atoms with Crippen LogP contribution in [0.1, 0.15) is 40.6 Å². The largest absolute Gasteiger partial charge is 0.299 e. The van der Waals surface area contributed by atoms with Gasteiger partial charge in [0, 0.05) is 5.92 Å². The highest BCUT2D eigenvalue weighted by atomic mass is 32.1. The quantitative estimate of drug-likeness (QED) is 0.584. The minimum atomic E-state index is -0.100. The standard InChI is InChI=1S/C11H15NO2S/c1-6(2)9(13)5-10(14)11-7(3)12-8(4)15-11/h6H,5H2,1-4H3. The van der Waals surface area contributed by atoms with Crippen LogP contribution in [0.2, 0.25) is 0 Å². The van der Waals surface area contributed by atoms with Crippen LogP contribution in [0.25, 0.3) is 0 Å². The molecule has 0 aromatic carbocycles. The molecule has 1 aromatic rings. The van der Waals surface area contributed by atoms with Gasteiger partial charge in [0.25, 0.3) is 0 Å². The summed E-state index contributed by atoms with van der Waals surface area (Å²) in [6, 6.07) is 0. The Morgan fingerprint density at radius 2 is 1.93 bits per heavy atom. The Morgan fingerprint density at radius 1 is 1.33 bits per heavy atom. The van der Waals surface area contributed by atoms with Crippen LogP contribution < -0.4 is 0 Å². The molecule has 0 atom stereocenters. The van der Waals surface area contributed by atoms with Gasteiger partial charge in [0.15, 0.2) is 5.78 Å². The van der Waals surface area contributed by atoms with Crippen LogP contribution in [0.15, 0.2) is 0 Å². The zero-order valence-electron chi connectivity index (χ0n) is 9.46. The molecule has 1 aromatic heterocycles. The molecule has 0 radical (unpaired) electrons. The Bertz CT molecular complexity index is 393. The Labute approximate surface area is 93.5 Å². The SMILES string of the molecule is Cc1nc(C)c(C(=O)CC(=O)C(C)C)s1. The molecule has 0 bridgehead atoms. The van der Waals surface area contributed by atoms with Crippen molar-refractivity contribution in [2.45, 2.75) is 34.1 Å². The number of Topliss-reactive ketones (excluding diaryl/α,β-unsaturated/α-hetero) is 2. The smallest absolute Gasteiger partial charge is 0.182 e. The number of thiazole rings is 1. The van der Waals surface area contributed by atoms with E-state index < -0.39 is 0 Å². The monoisotopic (exact) mass is 225 g/mol. The van der Waals surface area contributed by atoms with Gasteiger partial charge in [-0.15, -0.1) is 11.3 Å². The number of nitrogens with zero attached hydrogens (tertiary/aromatic N) is 1. The van der Waals surface area contributed by atoms with Crippen LogP contribution >= 0.6 is 11.3 Å². The zero-order valence-corrected chi connectivity index (χ0v) is 10.3. The molecule has 0 saturated carbocycles. The summed E-state index contributed by atoms with van der Waals surface area (Å²) in [5.74, 6) is -0.189. The highest BCUT2D eigenvalue weighted by molar-refractivity contribution is 7.13. The van der Waals surface area contributed by atoms with E-state index in [0.29, 0.717) is 4.88 Å². The van der Waals surface area contributed by atoms with Gasteiger partial charge in [0.1, 0.15) is 5.78 Å². The molecule has 0 N–H and O–H groups in total. The number of ketones is 2. The fraction of sp³-hybridized carbons (Fsp3) is 0.545. The van der Waals surface area contributed by atoms with Gasteiger partial charge in [-0.3, -0.25) is 9.59 Å². The molecule has 1 heterocycles. The van der Waals surface area contributed by atoms with E-state index >= 15 is 0 Å². The lowest BCUT2D eigenvalue weighted by atomic mass is 10.0. The van der Waals surface area contributed by atoms with E-state index in [1.807, 2.05) is 6.92 Å². The number of aryl methyl sites for hydroxylation is 2. The topological polar surface area (TPSA) is 47.0 Å². The maximum atomic E-state index is 11.7. The highest BCUT2D eigenvalue weighted by Gasteiger charge is 2.18. The first-order chi connectivity index (χ1) is 6.91. The van der Waals surface area contributed by atoms with Crippen molar-refractivity contribution in [2.24, 2.45) is 5.92 Å². The summed E-state index contributed by atoms with van der Waals surface area (Å²) in [6.07, 6.45) is 0.000139. The second-order valence-electron chi connectivity index (χ2n) is 3.87. The van der Waals surface area contributed by atoms with Crippen molar-refractivity contribution in [1.29, 1.82) is 0 Å². The van der Waals surface area contributed by atoms with Crippen LogP contribution in [0, 0.1) is 19.8 Å². The lowest BCUT2D eigenvalue weighted by Gasteiger charge is -2.01. The first kappa shape index (κ1) is 12.0. The molecule has 0 saturated heterocycles. The number of aromatic nitrogens is 1. The molecule has 0 fully saturated rings. The van der Waals surface area contributed by atoms with Crippen molar-refractivity contribution < 1.29 is 9.59 Å². The molecule has 0 spiro atoms. The number of hydrogen-bond donors (Lipinski definition) is 0. The van der Waals surface area contributed by atoms with Crippen LogP contribution in [0.4, 0.5) is 0 Å². The molecule has 0 aliphatic rings. The fourth-order valence-electron chi connectivity index (χ4n) is 1.23. The van der Waals surface area contributed by atoms with E-state index in [0.717, 1.165) is 10.7 Å². The summed E-state index contributed by atoms with van der Waals surface area (Å²) < 4.78 is 0. The summed E-state index contributed by atoms with van der Waals surface area (Å²) in [6.45, 7) is 7.27. The number of rotatable bonds is 4. The summed E-state index contributed by atoms with van der Waals surface area (Å²) in [4.78, 5) is 27.9. The van der Waals surface area contributed by atoms with E-state index in [2.05, 4.69) is 4.98 Å². The molecular formula is C11H15NO2S. The Morgan fingerprint density at radius 3 is 2.33 bits per heavy atom. The molecule has 1 rings (SSSR count). The molecule has 0 amide bonds. The van der Waals surface area contributed by atoms with Crippen molar-refractivity contribution in [3.63, 3.8) is 0 Å². The molecule has 3 nitrogen and oxygen atoms in total. The third kappa shape index (κ3) is 2.96. The van der Waals surface area contributed by atoms with E-state index in [9.17, 15) is 9.59 Å². The number of carbonyl (C=O) groups is 2. The third-order valence-electron chi connectivity index (χ3n) is 2.14. The van der Waals surface area contributed by atoms with Gasteiger partial charge in [-0.05, 0) is 13.8 Å².